The van der Waals surface area contributed by atoms with E-state index in [2.05, 4.69) is 17.1 Å². The van der Waals surface area contributed by atoms with Crippen molar-refractivity contribution < 1.29 is 9.53 Å². The Morgan fingerprint density at radius 3 is 3.26 bits per heavy atom. The van der Waals surface area contributed by atoms with Crippen LogP contribution in [0.2, 0.25) is 0 Å². The van der Waals surface area contributed by atoms with E-state index in [0.717, 1.165) is 6.54 Å². The number of hydrogen-bond donors (Lipinski definition) is 0. The van der Waals surface area contributed by atoms with Gasteiger partial charge in [0.2, 0.25) is 0 Å². The van der Waals surface area contributed by atoms with Crippen molar-refractivity contribution in [1.29, 1.82) is 0 Å². The summed E-state index contributed by atoms with van der Waals surface area (Å²) < 4.78 is 7.19. The maximum atomic E-state index is 12.6. The van der Waals surface area contributed by atoms with Gasteiger partial charge in [0.05, 0.1) is 13.2 Å². The molecule has 1 aliphatic heterocycles. The maximum absolute atomic E-state index is 12.6. The molecule has 3 rings (SSSR count). The molecule has 6 nitrogen and oxygen atoms in total. The van der Waals surface area contributed by atoms with Crippen molar-refractivity contribution in [2.45, 2.75) is 6.92 Å². The van der Waals surface area contributed by atoms with Gasteiger partial charge in [-0.15, -0.1) is 10.2 Å². The number of aromatic nitrogens is 3. The van der Waals surface area contributed by atoms with Crippen LogP contribution in [0.25, 0.3) is 5.65 Å². The third-order valence-corrected chi connectivity index (χ3v) is 3.28. The Morgan fingerprint density at radius 1 is 1.47 bits per heavy atom. The lowest BCUT2D eigenvalue weighted by Gasteiger charge is -2.22. The van der Waals surface area contributed by atoms with E-state index < -0.39 is 0 Å². The Bertz CT molecular complexity index is 595. The Balaban J connectivity index is 1.92. The van der Waals surface area contributed by atoms with Gasteiger partial charge in [0.15, 0.2) is 5.65 Å². The molecule has 0 aromatic carbocycles. The van der Waals surface area contributed by atoms with Gasteiger partial charge >= 0.3 is 0 Å². The number of fused-ring (bicyclic) bond motifs is 1. The van der Waals surface area contributed by atoms with E-state index in [1.165, 1.54) is 0 Å². The summed E-state index contributed by atoms with van der Waals surface area (Å²) in [6.45, 7) is 4.73. The molecule has 1 saturated heterocycles. The zero-order valence-electron chi connectivity index (χ0n) is 10.8. The average Bonchev–Trinajstić information content (AvgIpc) is 2.79. The third-order valence-electron chi connectivity index (χ3n) is 3.28. The van der Waals surface area contributed by atoms with Gasteiger partial charge < -0.3 is 9.64 Å². The molecular weight excluding hydrogens is 244 g/mol. The summed E-state index contributed by atoms with van der Waals surface area (Å²) in [6.07, 6.45) is 1.57. The molecule has 19 heavy (non-hydrogen) atoms. The van der Waals surface area contributed by atoms with Crippen molar-refractivity contribution in [3.8, 4) is 0 Å². The van der Waals surface area contributed by atoms with Gasteiger partial charge in [-0.25, -0.2) is 0 Å². The monoisotopic (exact) mass is 260 g/mol. The second-order valence-electron chi connectivity index (χ2n) is 4.90. The lowest BCUT2D eigenvalue weighted by Crippen LogP contribution is -2.36. The molecule has 0 radical (unpaired) electrons. The van der Waals surface area contributed by atoms with Gasteiger partial charge in [-0.2, -0.15) is 0 Å². The molecule has 1 atom stereocenters. The molecular formula is C13H16N4O2. The highest BCUT2D eigenvalue weighted by molar-refractivity contribution is 5.93. The van der Waals surface area contributed by atoms with Crippen LogP contribution in [0.4, 0.5) is 0 Å². The number of carbonyl (C=O) groups is 1. The van der Waals surface area contributed by atoms with E-state index in [1.54, 1.807) is 16.8 Å². The predicted octanol–water partition coefficient (Wildman–Crippen LogP) is 0.838. The number of amides is 1. The van der Waals surface area contributed by atoms with Crippen LogP contribution in [-0.2, 0) is 4.74 Å². The molecule has 0 bridgehead atoms. The van der Waals surface area contributed by atoms with Crippen LogP contribution in [0.1, 0.15) is 17.4 Å². The van der Waals surface area contributed by atoms with Gasteiger partial charge in [0.25, 0.3) is 5.91 Å². The smallest absolute Gasteiger partial charge is 0.271 e. The standard InChI is InChI=1S/C13H16N4O2/c1-10-7-16(5-6-19-8-10)13(18)11-3-2-4-12-15-14-9-17(11)12/h2-4,9-10H,5-8H2,1H3. The number of carbonyl (C=O) groups excluding carboxylic acids is 1. The molecule has 0 aliphatic carbocycles. The Morgan fingerprint density at radius 2 is 2.37 bits per heavy atom. The zero-order chi connectivity index (χ0) is 13.2. The fourth-order valence-electron chi connectivity index (χ4n) is 2.35. The topological polar surface area (TPSA) is 59.7 Å². The second kappa shape index (κ2) is 4.97. The molecule has 0 saturated carbocycles. The van der Waals surface area contributed by atoms with E-state index in [1.807, 2.05) is 17.0 Å². The first kappa shape index (κ1) is 12.1. The zero-order valence-corrected chi connectivity index (χ0v) is 10.8. The number of pyridine rings is 1. The van der Waals surface area contributed by atoms with Gasteiger partial charge in [-0.3, -0.25) is 9.20 Å². The fraction of sp³-hybridized carbons (Fsp3) is 0.462. The van der Waals surface area contributed by atoms with E-state index in [0.29, 0.717) is 37.0 Å². The summed E-state index contributed by atoms with van der Waals surface area (Å²) in [5, 5.41) is 7.80. The summed E-state index contributed by atoms with van der Waals surface area (Å²) in [6, 6.07) is 5.46. The van der Waals surface area contributed by atoms with Crippen LogP contribution in [0.5, 0.6) is 0 Å². The molecule has 1 fully saturated rings. The van der Waals surface area contributed by atoms with E-state index >= 15 is 0 Å². The van der Waals surface area contributed by atoms with Crippen molar-refractivity contribution in [3.63, 3.8) is 0 Å². The molecule has 0 spiro atoms. The largest absolute Gasteiger partial charge is 0.379 e. The number of hydrogen-bond acceptors (Lipinski definition) is 4. The number of rotatable bonds is 1. The Labute approximate surface area is 111 Å². The highest BCUT2D eigenvalue weighted by atomic mass is 16.5. The molecule has 2 aromatic rings. The van der Waals surface area contributed by atoms with Crippen LogP contribution in [0.15, 0.2) is 24.5 Å². The fourth-order valence-corrected chi connectivity index (χ4v) is 2.35. The van der Waals surface area contributed by atoms with Crippen LogP contribution in [-0.4, -0.2) is 51.7 Å². The molecule has 1 amide bonds. The van der Waals surface area contributed by atoms with Crippen LogP contribution < -0.4 is 0 Å². The van der Waals surface area contributed by atoms with E-state index in [9.17, 15) is 4.79 Å². The quantitative estimate of drug-likeness (QED) is 0.762. The third kappa shape index (κ3) is 2.31. The molecule has 3 heterocycles. The maximum Gasteiger partial charge on any atom is 0.271 e. The second-order valence-corrected chi connectivity index (χ2v) is 4.90. The Kier molecular flexibility index (Phi) is 3.16. The van der Waals surface area contributed by atoms with E-state index in [4.69, 9.17) is 4.74 Å². The summed E-state index contributed by atoms with van der Waals surface area (Å²) in [4.78, 5) is 14.4. The van der Waals surface area contributed by atoms with Crippen LogP contribution in [0, 0.1) is 5.92 Å². The average molecular weight is 260 g/mol. The van der Waals surface area contributed by atoms with Gasteiger partial charge in [0.1, 0.15) is 12.0 Å². The SMILES string of the molecule is CC1COCCN(C(=O)c2cccc3nncn23)C1. The first-order valence-electron chi connectivity index (χ1n) is 6.41. The molecule has 2 aromatic heterocycles. The van der Waals surface area contributed by atoms with Crippen molar-refractivity contribution in [2.75, 3.05) is 26.3 Å². The molecule has 1 unspecified atom stereocenters. The highest BCUT2D eigenvalue weighted by Crippen LogP contribution is 2.12. The predicted molar refractivity (Wildman–Crippen MR) is 68.9 cm³/mol. The normalized spacial score (nSPS) is 20.5. The molecule has 6 heteroatoms. The van der Waals surface area contributed by atoms with Gasteiger partial charge in [-0.05, 0) is 18.1 Å². The summed E-state index contributed by atoms with van der Waals surface area (Å²) >= 11 is 0. The summed E-state index contributed by atoms with van der Waals surface area (Å²) in [5.74, 6) is 0.356. The number of ether oxygens (including phenoxy) is 1. The van der Waals surface area contributed by atoms with Crippen LogP contribution in [0.3, 0.4) is 0 Å². The van der Waals surface area contributed by atoms with Crippen molar-refractivity contribution >= 4 is 11.6 Å². The Hall–Kier alpha value is -1.95. The van der Waals surface area contributed by atoms with Gasteiger partial charge in [0, 0.05) is 13.1 Å². The van der Waals surface area contributed by atoms with Crippen molar-refractivity contribution in [3.05, 3.63) is 30.2 Å². The van der Waals surface area contributed by atoms with Gasteiger partial charge in [-0.1, -0.05) is 13.0 Å². The lowest BCUT2D eigenvalue weighted by atomic mass is 10.2. The summed E-state index contributed by atoms with van der Waals surface area (Å²) in [7, 11) is 0. The van der Waals surface area contributed by atoms with Crippen molar-refractivity contribution in [2.24, 2.45) is 5.92 Å². The van der Waals surface area contributed by atoms with Crippen molar-refractivity contribution in [1.82, 2.24) is 19.5 Å². The first-order chi connectivity index (χ1) is 9.25. The minimum Gasteiger partial charge on any atom is -0.379 e. The minimum atomic E-state index is 0.00255. The molecule has 1 aliphatic rings. The minimum absolute atomic E-state index is 0.00255. The lowest BCUT2D eigenvalue weighted by molar-refractivity contribution is 0.0731. The highest BCUT2D eigenvalue weighted by Gasteiger charge is 2.22. The summed E-state index contributed by atoms with van der Waals surface area (Å²) in [5.41, 5.74) is 1.28. The van der Waals surface area contributed by atoms with Crippen LogP contribution >= 0.6 is 0 Å². The molecule has 100 valence electrons. The molecule has 0 N–H and O–H groups in total. The number of nitrogens with zero attached hydrogens (tertiary/aromatic N) is 4. The van der Waals surface area contributed by atoms with E-state index in [-0.39, 0.29) is 5.91 Å². The first-order valence-corrected chi connectivity index (χ1v) is 6.41.